The summed E-state index contributed by atoms with van der Waals surface area (Å²) in [6.07, 6.45) is 0. The average molecular weight is 285 g/mol. The van der Waals surface area contributed by atoms with E-state index in [0.29, 0.717) is 17.4 Å². The highest BCUT2D eigenvalue weighted by Crippen LogP contribution is 2.25. The zero-order chi connectivity index (χ0) is 15.6. The van der Waals surface area contributed by atoms with Crippen molar-refractivity contribution in [3.8, 4) is 11.5 Å². The van der Waals surface area contributed by atoms with E-state index in [1.807, 2.05) is 13.0 Å². The maximum Gasteiger partial charge on any atom is 0.347 e. The largest absolute Gasteiger partial charge is 0.507 e. The molecule has 4 heteroatoms. The van der Waals surface area contributed by atoms with E-state index >= 15 is 0 Å². The van der Waals surface area contributed by atoms with Crippen molar-refractivity contribution in [2.75, 3.05) is 5.73 Å². The van der Waals surface area contributed by atoms with E-state index in [4.69, 9.17) is 10.5 Å². The minimum atomic E-state index is -0.604. The van der Waals surface area contributed by atoms with E-state index in [9.17, 15) is 9.90 Å². The van der Waals surface area contributed by atoms with Gasteiger partial charge in [-0.1, -0.05) is 19.9 Å². The highest BCUT2D eigenvalue weighted by Gasteiger charge is 2.14. The lowest BCUT2D eigenvalue weighted by atomic mass is 10.0. The van der Waals surface area contributed by atoms with Crippen LogP contribution in [0.4, 0.5) is 5.69 Å². The molecule has 0 amide bonds. The molecule has 0 saturated heterocycles. The number of nitrogen functional groups attached to an aromatic ring is 1. The van der Waals surface area contributed by atoms with Gasteiger partial charge < -0.3 is 15.6 Å². The van der Waals surface area contributed by atoms with Gasteiger partial charge in [0.2, 0.25) is 0 Å². The molecule has 0 saturated carbocycles. The molecule has 0 bridgehead atoms. The number of carbonyl (C=O) groups excluding carboxylic acids is 1. The lowest BCUT2D eigenvalue weighted by Crippen LogP contribution is -2.09. The number of esters is 1. The van der Waals surface area contributed by atoms with Crippen LogP contribution >= 0.6 is 0 Å². The van der Waals surface area contributed by atoms with Crippen LogP contribution in [-0.4, -0.2) is 11.1 Å². The van der Waals surface area contributed by atoms with E-state index < -0.39 is 5.97 Å². The monoisotopic (exact) mass is 285 g/mol. The molecule has 2 aromatic carbocycles. The molecule has 0 heterocycles. The smallest absolute Gasteiger partial charge is 0.347 e. The van der Waals surface area contributed by atoms with Crippen molar-refractivity contribution in [3.63, 3.8) is 0 Å². The van der Waals surface area contributed by atoms with Crippen LogP contribution < -0.4 is 10.5 Å². The number of benzene rings is 2. The van der Waals surface area contributed by atoms with Gasteiger partial charge >= 0.3 is 5.97 Å². The Morgan fingerprint density at radius 1 is 1.19 bits per heavy atom. The van der Waals surface area contributed by atoms with Crippen molar-refractivity contribution in [1.29, 1.82) is 0 Å². The summed E-state index contributed by atoms with van der Waals surface area (Å²) in [6.45, 7) is 6.10. The normalized spacial score (nSPS) is 10.7. The first-order valence-electron chi connectivity index (χ1n) is 6.79. The molecule has 0 unspecified atom stereocenters. The number of aromatic hydroxyl groups is 1. The zero-order valence-electron chi connectivity index (χ0n) is 12.4. The minimum absolute atomic E-state index is 0.0943. The summed E-state index contributed by atoms with van der Waals surface area (Å²) in [7, 11) is 0. The number of phenolic OH excluding ortho intramolecular Hbond substituents is 1. The zero-order valence-corrected chi connectivity index (χ0v) is 12.4. The molecule has 0 aliphatic heterocycles. The quantitative estimate of drug-likeness (QED) is 0.513. The SMILES string of the molecule is Cc1cc(OC(=O)c2ccc(N)cc2O)cc(C(C)C)c1. The van der Waals surface area contributed by atoms with Crippen molar-refractivity contribution < 1.29 is 14.6 Å². The summed E-state index contributed by atoms with van der Waals surface area (Å²) in [5.74, 6) is 0.0248. The van der Waals surface area contributed by atoms with Crippen LogP contribution in [0.2, 0.25) is 0 Å². The van der Waals surface area contributed by atoms with Crippen LogP contribution in [0.5, 0.6) is 11.5 Å². The molecular weight excluding hydrogens is 266 g/mol. The fourth-order valence-electron chi connectivity index (χ4n) is 2.05. The van der Waals surface area contributed by atoms with Gasteiger partial charge in [0.15, 0.2) is 0 Å². The van der Waals surface area contributed by atoms with Gasteiger partial charge in [-0.05, 0) is 48.2 Å². The van der Waals surface area contributed by atoms with Gasteiger partial charge in [-0.15, -0.1) is 0 Å². The van der Waals surface area contributed by atoms with E-state index in [-0.39, 0.29) is 11.3 Å². The molecule has 4 nitrogen and oxygen atoms in total. The van der Waals surface area contributed by atoms with Crippen molar-refractivity contribution in [2.24, 2.45) is 0 Å². The minimum Gasteiger partial charge on any atom is -0.507 e. The van der Waals surface area contributed by atoms with Crippen LogP contribution in [0.25, 0.3) is 0 Å². The summed E-state index contributed by atoms with van der Waals surface area (Å²) in [6, 6.07) is 10.0. The summed E-state index contributed by atoms with van der Waals surface area (Å²) in [4.78, 5) is 12.1. The van der Waals surface area contributed by atoms with Gasteiger partial charge in [-0.2, -0.15) is 0 Å². The van der Waals surface area contributed by atoms with Gasteiger partial charge in [-0.3, -0.25) is 0 Å². The Balaban J connectivity index is 2.27. The van der Waals surface area contributed by atoms with Crippen LogP contribution in [0.1, 0.15) is 41.3 Å². The van der Waals surface area contributed by atoms with Crippen LogP contribution in [0.3, 0.4) is 0 Å². The molecule has 0 aliphatic carbocycles. The van der Waals surface area contributed by atoms with Gasteiger partial charge in [0.25, 0.3) is 0 Å². The Hall–Kier alpha value is -2.49. The number of aryl methyl sites for hydroxylation is 1. The second-order valence-electron chi connectivity index (χ2n) is 5.40. The molecule has 3 N–H and O–H groups in total. The fraction of sp³-hybridized carbons (Fsp3) is 0.235. The predicted octanol–water partition coefficient (Wildman–Crippen LogP) is 3.63. The van der Waals surface area contributed by atoms with Gasteiger partial charge in [0.05, 0.1) is 0 Å². The highest BCUT2D eigenvalue weighted by atomic mass is 16.5. The summed E-state index contributed by atoms with van der Waals surface area (Å²) < 4.78 is 5.35. The average Bonchev–Trinajstić information content (AvgIpc) is 2.37. The number of rotatable bonds is 3. The molecule has 0 aliphatic rings. The Morgan fingerprint density at radius 3 is 2.52 bits per heavy atom. The van der Waals surface area contributed by atoms with Crippen molar-refractivity contribution in [1.82, 2.24) is 0 Å². The number of ether oxygens (including phenoxy) is 1. The highest BCUT2D eigenvalue weighted by molar-refractivity contribution is 5.94. The number of phenols is 1. The Labute approximate surface area is 124 Å². The number of hydrogen-bond donors (Lipinski definition) is 2. The van der Waals surface area contributed by atoms with E-state index in [1.54, 1.807) is 12.1 Å². The lowest BCUT2D eigenvalue weighted by Gasteiger charge is -2.11. The van der Waals surface area contributed by atoms with Crippen molar-refractivity contribution in [2.45, 2.75) is 26.7 Å². The number of anilines is 1. The predicted molar refractivity (Wildman–Crippen MR) is 82.7 cm³/mol. The number of nitrogens with two attached hydrogens (primary N) is 1. The maximum absolute atomic E-state index is 12.1. The molecular formula is C17H19NO3. The second-order valence-corrected chi connectivity index (χ2v) is 5.40. The van der Waals surface area contributed by atoms with E-state index in [0.717, 1.165) is 11.1 Å². The maximum atomic E-state index is 12.1. The third-order valence-electron chi connectivity index (χ3n) is 3.19. The van der Waals surface area contributed by atoms with Crippen molar-refractivity contribution >= 4 is 11.7 Å². The van der Waals surface area contributed by atoms with Crippen LogP contribution in [0.15, 0.2) is 36.4 Å². The first-order valence-corrected chi connectivity index (χ1v) is 6.79. The van der Waals surface area contributed by atoms with Crippen molar-refractivity contribution in [3.05, 3.63) is 53.1 Å². The molecule has 0 aromatic heterocycles. The Kier molecular flexibility index (Phi) is 4.17. The van der Waals surface area contributed by atoms with Gasteiger partial charge in [0, 0.05) is 11.8 Å². The molecule has 2 rings (SSSR count). The van der Waals surface area contributed by atoms with E-state index in [2.05, 4.69) is 19.9 Å². The first-order chi connectivity index (χ1) is 9.86. The Morgan fingerprint density at radius 2 is 1.90 bits per heavy atom. The molecule has 2 aromatic rings. The molecule has 0 radical (unpaired) electrons. The molecule has 0 spiro atoms. The molecule has 0 fully saturated rings. The summed E-state index contributed by atoms with van der Waals surface area (Å²) >= 11 is 0. The third kappa shape index (κ3) is 3.54. The fourth-order valence-corrected chi connectivity index (χ4v) is 2.05. The standard InChI is InChI=1S/C17H19NO3/c1-10(2)12-6-11(3)7-14(8-12)21-17(20)15-5-4-13(18)9-16(15)19/h4-10,19H,18H2,1-3H3. The van der Waals surface area contributed by atoms with Gasteiger partial charge in [-0.25, -0.2) is 4.79 Å². The van der Waals surface area contributed by atoms with E-state index in [1.165, 1.54) is 12.1 Å². The molecule has 110 valence electrons. The third-order valence-corrected chi connectivity index (χ3v) is 3.19. The topological polar surface area (TPSA) is 72.5 Å². The first kappa shape index (κ1) is 14.9. The molecule has 0 atom stereocenters. The molecule has 21 heavy (non-hydrogen) atoms. The lowest BCUT2D eigenvalue weighted by molar-refractivity contribution is 0.0731. The van der Waals surface area contributed by atoms with Crippen LogP contribution in [-0.2, 0) is 0 Å². The van der Waals surface area contributed by atoms with Gasteiger partial charge in [0.1, 0.15) is 17.1 Å². The number of carbonyl (C=O) groups is 1. The summed E-state index contributed by atoms with van der Waals surface area (Å²) in [5, 5.41) is 9.76. The summed E-state index contributed by atoms with van der Waals surface area (Å²) in [5.41, 5.74) is 8.14. The van der Waals surface area contributed by atoms with Crippen LogP contribution in [0, 0.1) is 6.92 Å². The Bertz CT molecular complexity index is 678. The number of hydrogen-bond acceptors (Lipinski definition) is 4. The second kappa shape index (κ2) is 5.87.